The number of amides is 1. The highest BCUT2D eigenvalue weighted by Gasteiger charge is 2.18. The number of rotatable bonds is 5. The summed E-state index contributed by atoms with van der Waals surface area (Å²) in [5.74, 6) is -1.17. The lowest BCUT2D eigenvalue weighted by Crippen LogP contribution is -2.22. The van der Waals surface area contributed by atoms with Crippen molar-refractivity contribution in [3.63, 3.8) is 0 Å². The van der Waals surface area contributed by atoms with Crippen LogP contribution >= 0.6 is 35.3 Å². The van der Waals surface area contributed by atoms with Crippen LogP contribution in [0.15, 0.2) is 52.9 Å². The molecule has 0 unspecified atom stereocenters. The van der Waals surface area contributed by atoms with Gasteiger partial charge in [0.15, 0.2) is 8.29 Å². The number of anilines is 1. The van der Waals surface area contributed by atoms with Crippen LogP contribution in [0.3, 0.4) is 0 Å². The number of thioether (sulfide) groups is 1. The number of carbonyl (C=O) groups excluding carboxylic acids is 1. The normalized spacial score (nSPS) is 12.0. The molecular formula is C17H13F2N3OS3. The third-order valence-electron chi connectivity index (χ3n) is 3.38. The van der Waals surface area contributed by atoms with Crippen LogP contribution in [0.5, 0.6) is 0 Å². The highest BCUT2D eigenvalue weighted by molar-refractivity contribution is 8.02. The summed E-state index contributed by atoms with van der Waals surface area (Å²) in [5, 5.41) is 6.43. The number of hydrogen-bond acceptors (Lipinski definition) is 5. The molecule has 26 heavy (non-hydrogen) atoms. The van der Waals surface area contributed by atoms with E-state index in [-0.39, 0.29) is 17.4 Å². The molecule has 9 heteroatoms. The minimum absolute atomic E-state index is 0.134. The highest BCUT2D eigenvalue weighted by atomic mass is 32.2. The Balaban J connectivity index is 1.71. The number of para-hydroxylation sites is 1. The molecule has 134 valence electrons. The fourth-order valence-corrected chi connectivity index (χ4v) is 4.56. The Morgan fingerprint density at radius 1 is 1.23 bits per heavy atom. The zero-order valence-electron chi connectivity index (χ0n) is 13.5. The van der Waals surface area contributed by atoms with Gasteiger partial charge in [-0.1, -0.05) is 35.2 Å². The first-order valence-corrected chi connectivity index (χ1v) is 9.62. The molecule has 1 N–H and O–H groups in total. The first kappa shape index (κ1) is 18.7. The molecule has 0 radical (unpaired) electrons. The Morgan fingerprint density at radius 3 is 2.62 bits per heavy atom. The van der Waals surface area contributed by atoms with Crippen LogP contribution in [-0.2, 0) is 4.79 Å². The van der Waals surface area contributed by atoms with Crippen molar-refractivity contribution in [1.29, 1.82) is 0 Å². The maximum absolute atomic E-state index is 13.6. The second-order valence-corrected chi connectivity index (χ2v) is 8.46. The SMILES string of the molecule is C[C@@H](Sc1nn(-c2ccc(F)cc2)c(=S)s1)C(=O)Nc1ccccc1F. The van der Waals surface area contributed by atoms with Gasteiger partial charge in [0.2, 0.25) is 5.91 Å². The first-order chi connectivity index (χ1) is 12.4. The summed E-state index contributed by atoms with van der Waals surface area (Å²) in [4.78, 5) is 12.3. The van der Waals surface area contributed by atoms with E-state index in [4.69, 9.17) is 12.2 Å². The number of benzene rings is 2. The van der Waals surface area contributed by atoms with Crippen molar-refractivity contribution in [3.8, 4) is 5.69 Å². The summed E-state index contributed by atoms with van der Waals surface area (Å²) in [6.07, 6.45) is 0. The molecule has 1 heterocycles. The summed E-state index contributed by atoms with van der Waals surface area (Å²) >= 11 is 7.76. The van der Waals surface area contributed by atoms with Gasteiger partial charge in [0, 0.05) is 0 Å². The van der Waals surface area contributed by atoms with Crippen molar-refractivity contribution in [2.75, 3.05) is 5.32 Å². The molecule has 0 bridgehead atoms. The summed E-state index contributed by atoms with van der Waals surface area (Å²) in [6.45, 7) is 1.70. The van der Waals surface area contributed by atoms with Crippen molar-refractivity contribution >= 4 is 46.9 Å². The van der Waals surface area contributed by atoms with Crippen LogP contribution < -0.4 is 5.32 Å². The highest BCUT2D eigenvalue weighted by Crippen LogP contribution is 2.28. The second-order valence-electron chi connectivity index (χ2n) is 5.25. The number of nitrogens with one attached hydrogen (secondary N) is 1. The Kier molecular flexibility index (Phi) is 5.80. The number of nitrogens with zero attached hydrogens (tertiary/aromatic N) is 2. The zero-order chi connectivity index (χ0) is 18.7. The maximum Gasteiger partial charge on any atom is 0.237 e. The van der Waals surface area contributed by atoms with Gasteiger partial charge in [-0.25, -0.2) is 13.5 Å². The van der Waals surface area contributed by atoms with Crippen LogP contribution in [0.4, 0.5) is 14.5 Å². The molecule has 0 spiro atoms. The summed E-state index contributed by atoms with van der Waals surface area (Å²) in [6, 6.07) is 11.8. The number of hydrogen-bond donors (Lipinski definition) is 1. The number of aromatic nitrogens is 2. The van der Waals surface area contributed by atoms with Crippen molar-refractivity contribution in [3.05, 3.63) is 64.1 Å². The van der Waals surface area contributed by atoms with E-state index in [1.165, 1.54) is 52.0 Å². The Hall–Kier alpha value is -2.10. The molecule has 2 aromatic carbocycles. The van der Waals surface area contributed by atoms with Gasteiger partial charge < -0.3 is 5.32 Å². The van der Waals surface area contributed by atoms with E-state index in [2.05, 4.69) is 10.4 Å². The minimum Gasteiger partial charge on any atom is -0.323 e. The third kappa shape index (κ3) is 4.35. The van der Waals surface area contributed by atoms with Crippen LogP contribution in [-0.4, -0.2) is 20.9 Å². The van der Waals surface area contributed by atoms with Gasteiger partial charge in [0.25, 0.3) is 0 Å². The van der Waals surface area contributed by atoms with Gasteiger partial charge in [-0.3, -0.25) is 4.79 Å². The lowest BCUT2D eigenvalue weighted by molar-refractivity contribution is -0.115. The monoisotopic (exact) mass is 409 g/mol. The van der Waals surface area contributed by atoms with E-state index >= 15 is 0 Å². The van der Waals surface area contributed by atoms with E-state index in [0.717, 1.165) is 0 Å². The standard InChI is InChI=1S/C17H13F2N3OS3/c1-10(15(23)20-14-5-3-2-4-13(14)19)25-16-21-22(17(24)26-16)12-8-6-11(18)7-9-12/h2-10H,1H3,(H,20,23)/t10-/m1/s1. The predicted molar refractivity (Wildman–Crippen MR) is 103 cm³/mol. The lowest BCUT2D eigenvalue weighted by atomic mass is 10.3. The predicted octanol–water partition coefficient (Wildman–Crippen LogP) is 5.06. The van der Waals surface area contributed by atoms with Gasteiger partial charge in [-0.15, -0.1) is 5.10 Å². The van der Waals surface area contributed by atoms with E-state index in [9.17, 15) is 13.6 Å². The van der Waals surface area contributed by atoms with E-state index < -0.39 is 11.1 Å². The van der Waals surface area contributed by atoms with Crippen LogP contribution in [0.2, 0.25) is 0 Å². The van der Waals surface area contributed by atoms with Gasteiger partial charge in [0.1, 0.15) is 11.6 Å². The molecule has 1 aromatic heterocycles. The fraction of sp³-hybridized carbons (Fsp3) is 0.118. The maximum atomic E-state index is 13.6. The third-order valence-corrected chi connectivity index (χ3v) is 5.80. The number of halogens is 2. The average Bonchev–Trinajstić information content (AvgIpc) is 2.97. The molecule has 0 fully saturated rings. The Labute approximate surface area is 161 Å². The molecule has 0 aliphatic rings. The van der Waals surface area contributed by atoms with Crippen molar-refractivity contribution in [1.82, 2.24) is 9.78 Å². The number of carbonyl (C=O) groups is 1. The van der Waals surface area contributed by atoms with Gasteiger partial charge in [0.05, 0.1) is 16.6 Å². The zero-order valence-corrected chi connectivity index (χ0v) is 15.9. The van der Waals surface area contributed by atoms with Gasteiger partial charge in [-0.2, -0.15) is 0 Å². The van der Waals surface area contributed by atoms with Crippen LogP contribution in [0.1, 0.15) is 6.92 Å². The van der Waals surface area contributed by atoms with E-state index in [1.54, 1.807) is 31.2 Å². The average molecular weight is 410 g/mol. The minimum atomic E-state index is -0.503. The van der Waals surface area contributed by atoms with Crippen molar-refractivity contribution < 1.29 is 13.6 Å². The smallest absolute Gasteiger partial charge is 0.237 e. The molecule has 0 saturated heterocycles. The van der Waals surface area contributed by atoms with E-state index in [0.29, 0.717) is 14.0 Å². The fourth-order valence-electron chi connectivity index (χ4n) is 2.06. The van der Waals surface area contributed by atoms with Gasteiger partial charge >= 0.3 is 0 Å². The summed E-state index contributed by atoms with van der Waals surface area (Å²) < 4.78 is 29.3. The second kappa shape index (κ2) is 8.07. The van der Waals surface area contributed by atoms with Crippen molar-refractivity contribution in [2.45, 2.75) is 16.5 Å². The first-order valence-electron chi connectivity index (χ1n) is 7.52. The topological polar surface area (TPSA) is 46.9 Å². The Morgan fingerprint density at radius 2 is 1.92 bits per heavy atom. The quantitative estimate of drug-likeness (QED) is 0.473. The summed E-state index contributed by atoms with van der Waals surface area (Å²) in [5.41, 5.74) is 0.775. The molecule has 0 saturated carbocycles. The molecule has 1 atom stereocenters. The van der Waals surface area contributed by atoms with Crippen LogP contribution in [0, 0.1) is 15.6 Å². The van der Waals surface area contributed by atoms with Gasteiger partial charge in [-0.05, 0) is 55.5 Å². The Bertz CT molecular complexity index is 985. The largest absolute Gasteiger partial charge is 0.323 e. The molecule has 4 nitrogen and oxygen atoms in total. The van der Waals surface area contributed by atoms with E-state index in [1.807, 2.05) is 0 Å². The molecule has 0 aliphatic heterocycles. The molecule has 3 aromatic rings. The molecule has 1 amide bonds. The van der Waals surface area contributed by atoms with Crippen LogP contribution in [0.25, 0.3) is 5.69 Å². The lowest BCUT2D eigenvalue weighted by Gasteiger charge is -2.10. The van der Waals surface area contributed by atoms with Crippen molar-refractivity contribution in [2.24, 2.45) is 0 Å². The molecule has 0 aliphatic carbocycles. The molecule has 3 rings (SSSR count). The molecular weight excluding hydrogens is 396 g/mol. The summed E-state index contributed by atoms with van der Waals surface area (Å²) in [7, 11) is 0.